The Bertz CT molecular complexity index is 1940. The van der Waals surface area contributed by atoms with E-state index in [9.17, 15) is 27.2 Å². The quantitative estimate of drug-likeness (QED) is 0.104. The lowest BCUT2D eigenvalue weighted by Gasteiger charge is -2.48. The van der Waals surface area contributed by atoms with Gasteiger partial charge in [-0.15, -0.1) is 0 Å². The minimum atomic E-state index is -3.26. The van der Waals surface area contributed by atoms with E-state index in [0.717, 1.165) is 17.4 Å². The zero-order valence-corrected chi connectivity index (χ0v) is 31.3. The number of β-lactam (4-membered cyclic amide) rings is 1. The number of carbonyl (C=O) groups is 3. The van der Waals surface area contributed by atoms with Gasteiger partial charge in [-0.2, -0.15) is 0 Å². The van der Waals surface area contributed by atoms with Gasteiger partial charge in [0, 0.05) is 31.6 Å². The molecular formula is C40H45FN2O9S. The fourth-order valence-corrected chi connectivity index (χ4v) is 6.94. The molecule has 282 valence electrons. The number of ether oxygens (including phenoxy) is 4. The molecule has 11 nitrogen and oxygen atoms in total. The van der Waals surface area contributed by atoms with Crippen LogP contribution in [-0.4, -0.2) is 63.7 Å². The molecular weight excluding hydrogens is 704 g/mol. The van der Waals surface area contributed by atoms with Crippen LogP contribution in [0, 0.1) is 23.6 Å². The summed E-state index contributed by atoms with van der Waals surface area (Å²) < 4.78 is 61.6. The van der Waals surface area contributed by atoms with Crippen LogP contribution in [0.5, 0.6) is 0 Å². The summed E-state index contributed by atoms with van der Waals surface area (Å²) in [5.74, 6) is 3.37. The highest BCUT2D eigenvalue weighted by atomic mass is 32.2. The molecule has 5 rings (SSSR count). The predicted octanol–water partition coefficient (Wildman–Crippen LogP) is 5.53. The first-order valence-electron chi connectivity index (χ1n) is 17.4. The largest absolute Gasteiger partial charge is 0.458 e. The van der Waals surface area contributed by atoms with Gasteiger partial charge < -0.3 is 23.8 Å². The highest BCUT2D eigenvalue weighted by Crippen LogP contribution is 2.46. The van der Waals surface area contributed by atoms with E-state index in [1.807, 2.05) is 48.5 Å². The molecule has 0 aromatic heterocycles. The second kappa shape index (κ2) is 16.6. The van der Waals surface area contributed by atoms with Gasteiger partial charge >= 0.3 is 11.9 Å². The van der Waals surface area contributed by atoms with E-state index in [4.69, 9.17) is 18.9 Å². The lowest BCUT2D eigenvalue weighted by atomic mass is 9.78. The highest BCUT2D eigenvalue weighted by molar-refractivity contribution is 7.88. The van der Waals surface area contributed by atoms with Crippen molar-refractivity contribution in [2.45, 2.75) is 76.9 Å². The Hall–Kier alpha value is -4.61. The van der Waals surface area contributed by atoms with Crippen LogP contribution in [0.2, 0.25) is 0 Å². The van der Waals surface area contributed by atoms with Crippen molar-refractivity contribution < 1.29 is 46.1 Å². The summed E-state index contributed by atoms with van der Waals surface area (Å²) in [7, 11) is -3.26. The molecule has 3 aromatic carbocycles. The molecule has 2 saturated heterocycles. The third-order valence-electron chi connectivity index (χ3n) is 9.06. The molecule has 3 aromatic rings. The maximum atomic E-state index is 13.9. The molecule has 13 heteroatoms. The molecule has 1 unspecified atom stereocenters. The summed E-state index contributed by atoms with van der Waals surface area (Å²) in [4.78, 5) is 39.5. The molecule has 2 fully saturated rings. The lowest BCUT2D eigenvalue weighted by molar-refractivity contribution is -0.291. The predicted molar refractivity (Wildman–Crippen MR) is 195 cm³/mol. The topological polar surface area (TPSA) is 138 Å². The van der Waals surface area contributed by atoms with Gasteiger partial charge in [0.15, 0.2) is 5.79 Å². The number of aryl methyl sites for hydroxylation is 1. The van der Waals surface area contributed by atoms with Crippen molar-refractivity contribution >= 4 is 33.6 Å². The first-order valence-corrected chi connectivity index (χ1v) is 19.3. The molecule has 0 aliphatic carbocycles. The molecule has 1 N–H and O–H groups in total. The number of hydrogen-bond acceptors (Lipinski definition) is 9. The zero-order chi connectivity index (χ0) is 38.4. The van der Waals surface area contributed by atoms with Gasteiger partial charge in [0.1, 0.15) is 25.1 Å². The summed E-state index contributed by atoms with van der Waals surface area (Å²) in [5.41, 5.74) is 2.59. The fourth-order valence-electron chi connectivity index (χ4n) is 6.42. The Morgan fingerprint density at radius 2 is 1.62 bits per heavy atom. The van der Waals surface area contributed by atoms with Crippen LogP contribution >= 0.6 is 0 Å². The monoisotopic (exact) mass is 748 g/mol. The Kier molecular flexibility index (Phi) is 12.4. The van der Waals surface area contributed by atoms with E-state index in [0.29, 0.717) is 49.0 Å². The maximum Gasteiger partial charge on any atom is 0.304 e. The van der Waals surface area contributed by atoms with Crippen molar-refractivity contribution in [3.8, 4) is 11.8 Å². The summed E-state index contributed by atoms with van der Waals surface area (Å²) in [6.45, 7) is 6.59. The van der Waals surface area contributed by atoms with E-state index < -0.39 is 51.2 Å². The molecule has 0 bridgehead atoms. The van der Waals surface area contributed by atoms with Crippen LogP contribution in [0.1, 0.15) is 81.4 Å². The minimum Gasteiger partial charge on any atom is -0.458 e. The van der Waals surface area contributed by atoms with Crippen LogP contribution in [0.3, 0.4) is 0 Å². The molecule has 2 aliphatic heterocycles. The average molecular weight is 749 g/mol. The number of sulfonamides is 1. The van der Waals surface area contributed by atoms with E-state index in [2.05, 4.69) is 16.6 Å². The summed E-state index contributed by atoms with van der Waals surface area (Å²) in [6.07, 6.45) is 2.47. The Morgan fingerprint density at radius 1 is 0.981 bits per heavy atom. The number of nitrogens with zero attached hydrogens (tertiary/aromatic N) is 1. The molecule has 0 spiro atoms. The van der Waals surface area contributed by atoms with Gasteiger partial charge in [0.2, 0.25) is 21.5 Å². The van der Waals surface area contributed by atoms with Crippen LogP contribution < -0.4 is 9.62 Å². The number of amides is 1. The normalized spacial score (nSPS) is 19.7. The number of rotatable bonds is 13. The van der Waals surface area contributed by atoms with Crippen LogP contribution in [0.15, 0.2) is 72.8 Å². The number of esters is 2. The SMILES string of the molecule is CC(=O)O[C@H](CCC1C(=O)N(c2ccc(CCCNS(C)(=O)=O)cc2)[C@@H]1c1ccc(C#CC2(OC(C)=O)COC(C)(C)OC2)cc1)c1ccc(F)cc1. The third kappa shape index (κ3) is 10.7. The fraction of sp³-hybridized carbons (Fsp3) is 0.425. The molecule has 1 amide bonds. The van der Waals surface area contributed by atoms with E-state index in [1.165, 1.54) is 26.0 Å². The van der Waals surface area contributed by atoms with Gasteiger partial charge in [0.05, 0.1) is 18.2 Å². The average Bonchev–Trinajstić information content (AvgIpc) is 3.09. The smallest absolute Gasteiger partial charge is 0.304 e. The van der Waals surface area contributed by atoms with Crippen molar-refractivity contribution in [1.29, 1.82) is 0 Å². The second-order valence-corrected chi connectivity index (χ2v) is 15.7. The summed E-state index contributed by atoms with van der Waals surface area (Å²) in [6, 6.07) is 20.5. The number of anilines is 1. The molecule has 0 radical (unpaired) electrons. The molecule has 2 heterocycles. The third-order valence-corrected chi connectivity index (χ3v) is 9.79. The number of hydrogen-bond donors (Lipinski definition) is 1. The van der Waals surface area contributed by atoms with Crippen molar-refractivity contribution in [3.63, 3.8) is 0 Å². The maximum absolute atomic E-state index is 13.9. The van der Waals surface area contributed by atoms with Crippen LogP contribution in [-0.2, 0) is 49.8 Å². The number of nitrogens with one attached hydrogen (secondary N) is 1. The van der Waals surface area contributed by atoms with Crippen molar-refractivity contribution in [2.24, 2.45) is 5.92 Å². The summed E-state index contributed by atoms with van der Waals surface area (Å²) in [5, 5.41) is 0. The Balaban J connectivity index is 1.38. The molecule has 2 aliphatic rings. The standard InChI is InChI=1S/C40H45FN2O9S/c1-27(44)51-36(31-14-16-33(41)17-15-31)21-20-35-37(43(38(35)46)34-18-10-29(11-19-34)7-6-24-42-53(5,47)48)32-12-8-30(9-13-32)22-23-40(52-28(2)45)25-49-39(3,4)50-26-40/h8-19,35-37,42H,6-7,20-21,24-26H2,1-5H3/t35?,36-,37-/m1/s1. The minimum absolute atomic E-state index is 0.0497. The number of benzene rings is 3. The van der Waals surface area contributed by atoms with Gasteiger partial charge in [-0.25, -0.2) is 17.5 Å². The lowest BCUT2D eigenvalue weighted by Crippen LogP contribution is -2.55. The number of carbonyl (C=O) groups excluding carboxylic acids is 3. The van der Waals surface area contributed by atoms with Gasteiger partial charge in [0.25, 0.3) is 0 Å². The van der Waals surface area contributed by atoms with Crippen LogP contribution in [0.4, 0.5) is 10.1 Å². The molecule has 0 saturated carbocycles. The van der Waals surface area contributed by atoms with Crippen molar-refractivity contribution in [2.75, 3.05) is 30.9 Å². The van der Waals surface area contributed by atoms with E-state index in [1.54, 1.807) is 30.9 Å². The second-order valence-electron chi connectivity index (χ2n) is 13.9. The first-order chi connectivity index (χ1) is 25.0. The van der Waals surface area contributed by atoms with Gasteiger partial charge in [-0.3, -0.25) is 14.4 Å². The summed E-state index contributed by atoms with van der Waals surface area (Å²) >= 11 is 0. The van der Waals surface area contributed by atoms with Crippen molar-refractivity contribution in [1.82, 2.24) is 4.72 Å². The van der Waals surface area contributed by atoms with Crippen molar-refractivity contribution in [3.05, 3.63) is 101 Å². The molecule has 53 heavy (non-hydrogen) atoms. The van der Waals surface area contributed by atoms with Gasteiger partial charge in [-0.1, -0.05) is 42.3 Å². The zero-order valence-electron chi connectivity index (χ0n) is 30.5. The van der Waals surface area contributed by atoms with E-state index >= 15 is 0 Å². The number of halogens is 1. The Morgan fingerprint density at radius 3 is 2.21 bits per heavy atom. The first kappa shape index (κ1) is 39.6. The van der Waals surface area contributed by atoms with E-state index in [-0.39, 0.29) is 25.2 Å². The van der Waals surface area contributed by atoms with Crippen LogP contribution in [0.25, 0.3) is 0 Å². The Labute approximate surface area is 310 Å². The van der Waals surface area contributed by atoms with Gasteiger partial charge in [-0.05, 0) is 98.5 Å². The molecule has 3 atom stereocenters. The highest BCUT2D eigenvalue weighted by Gasteiger charge is 2.48.